The summed E-state index contributed by atoms with van der Waals surface area (Å²) in [7, 11) is -2.88. The first-order valence-corrected chi connectivity index (χ1v) is 7.85. The Kier molecular flexibility index (Phi) is 5.58. The molecule has 12 heteroatoms. The third-order valence-corrected chi connectivity index (χ3v) is 4.11. The van der Waals surface area contributed by atoms with Gasteiger partial charge in [-0.25, -0.2) is 0 Å². The highest BCUT2D eigenvalue weighted by Gasteiger charge is 2.83. The molecular formula is C17H12BF9O2. The average molecular weight is 430 g/mol. The highest BCUT2D eigenvalue weighted by atomic mass is 19.4. The van der Waals surface area contributed by atoms with Crippen LogP contribution in [0.1, 0.15) is 19.4 Å². The van der Waals surface area contributed by atoms with E-state index in [9.17, 15) is 44.5 Å². The van der Waals surface area contributed by atoms with Crippen LogP contribution in [0.3, 0.4) is 0 Å². The van der Waals surface area contributed by atoms with Gasteiger partial charge in [-0.1, -0.05) is 30.0 Å². The van der Waals surface area contributed by atoms with Gasteiger partial charge in [0, 0.05) is 16.6 Å². The SMILES string of the molecule is CC1(C)OB(O)C(C(F)(F)C(F)(F)C(F)(F)C(F)(F)F)=C1C#Cc1ccccc1. The summed E-state index contributed by atoms with van der Waals surface area (Å²) in [6.45, 7) is 2.02. The molecular weight excluding hydrogens is 418 g/mol. The second-order valence-electron chi connectivity index (χ2n) is 6.61. The minimum Gasteiger partial charge on any atom is -0.423 e. The van der Waals surface area contributed by atoms with Gasteiger partial charge in [-0.2, -0.15) is 39.5 Å². The van der Waals surface area contributed by atoms with Crippen LogP contribution in [0.2, 0.25) is 0 Å². The van der Waals surface area contributed by atoms with E-state index in [1.54, 1.807) is 6.07 Å². The molecule has 1 aliphatic heterocycles. The zero-order chi connectivity index (χ0) is 22.5. The summed E-state index contributed by atoms with van der Waals surface area (Å²) in [4.78, 5) is 0. The lowest BCUT2D eigenvalue weighted by molar-refractivity contribution is -0.389. The molecule has 0 atom stereocenters. The summed E-state index contributed by atoms with van der Waals surface area (Å²) >= 11 is 0. The lowest BCUT2D eigenvalue weighted by atomic mass is 9.71. The first-order valence-electron chi connectivity index (χ1n) is 7.85. The average Bonchev–Trinajstić information content (AvgIpc) is 2.80. The number of benzene rings is 1. The molecule has 158 valence electrons. The van der Waals surface area contributed by atoms with Crippen LogP contribution in [0.25, 0.3) is 0 Å². The lowest BCUT2D eigenvalue weighted by Gasteiger charge is -2.34. The maximum absolute atomic E-state index is 14.4. The van der Waals surface area contributed by atoms with Crippen LogP contribution >= 0.6 is 0 Å². The Bertz CT molecular complexity index is 864. The van der Waals surface area contributed by atoms with Gasteiger partial charge in [0.1, 0.15) is 0 Å². The summed E-state index contributed by atoms with van der Waals surface area (Å²) in [6.07, 6.45) is -6.98. The van der Waals surface area contributed by atoms with Crippen LogP contribution in [0.5, 0.6) is 0 Å². The molecule has 1 aromatic carbocycles. The van der Waals surface area contributed by atoms with E-state index in [1.165, 1.54) is 24.3 Å². The monoisotopic (exact) mass is 430 g/mol. The van der Waals surface area contributed by atoms with Crippen molar-refractivity contribution >= 4 is 7.12 Å². The van der Waals surface area contributed by atoms with Crippen molar-refractivity contribution in [2.75, 3.05) is 0 Å². The maximum Gasteiger partial charge on any atom is 0.494 e. The van der Waals surface area contributed by atoms with E-state index in [1.807, 2.05) is 5.92 Å². The van der Waals surface area contributed by atoms with E-state index in [-0.39, 0.29) is 5.56 Å². The lowest BCUT2D eigenvalue weighted by Crippen LogP contribution is -2.62. The largest absolute Gasteiger partial charge is 0.494 e. The molecule has 0 bridgehead atoms. The fourth-order valence-corrected chi connectivity index (χ4v) is 2.58. The molecule has 0 unspecified atom stereocenters. The fraction of sp³-hybridized carbons (Fsp3) is 0.412. The normalized spacial score (nSPS) is 18.0. The smallest absolute Gasteiger partial charge is 0.423 e. The Balaban J connectivity index is 2.70. The van der Waals surface area contributed by atoms with Crippen molar-refractivity contribution in [3.63, 3.8) is 0 Å². The van der Waals surface area contributed by atoms with Crippen molar-refractivity contribution in [3.8, 4) is 11.8 Å². The third kappa shape index (κ3) is 3.73. The number of alkyl halides is 9. The summed E-state index contributed by atoms with van der Waals surface area (Å²) in [5, 5.41) is 9.67. The van der Waals surface area contributed by atoms with Crippen LogP contribution < -0.4 is 0 Å². The van der Waals surface area contributed by atoms with Crippen molar-refractivity contribution < 1.29 is 49.2 Å². The number of hydrogen-bond donors (Lipinski definition) is 1. The standard InChI is InChI=1S/C17H12BF9O2/c1-13(2)11(9-8-10-6-4-3-5-7-10)12(18(28)29-13)14(19,20)15(21,22)16(23,24)17(25,26)27/h3-7,28H,1-2H3. The molecule has 0 aliphatic carbocycles. The Hall–Kier alpha value is -2.13. The van der Waals surface area contributed by atoms with Gasteiger partial charge in [0.2, 0.25) is 0 Å². The van der Waals surface area contributed by atoms with Crippen LogP contribution in [0, 0.1) is 11.8 Å². The molecule has 0 aromatic heterocycles. The van der Waals surface area contributed by atoms with E-state index in [0.29, 0.717) is 0 Å². The highest BCUT2D eigenvalue weighted by molar-refractivity contribution is 6.54. The van der Waals surface area contributed by atoms with Crippen LogP contribution in [0.15, 0.2) is 41.4 Å². The molecule has 0 spiro atoms. The molecule has 0 fully saturated rings. The van der Waals surface area contributed by atoms with Crippen LogP contribution in [0.4, 0.5) is 39.5 Å². The molecule has 1 N–H and O–H groups in total. The van der Waals surface area contributed by atoms with E-state index in [2.05, 4.69) is 10.6 Å². The van der Waals surface area contributed by atoms with E-state index in [0.717, 1.165) is 13.8 Å². The zero-order valence-electron chi connectivity index (χ0n) is 14.7. The summed E-state index contributed by atoms with van der Waals surface area (Å²) in [6, 6.07) is 7.37. The molecule has 2 rings (SSSR count). The van der Waals surface area contributed by atoms with Crippen molar-refractivity contribution in [2.45, 2.75) is 43.4 Å². The molecule has 2 nitrogen and oxygen atoms in total. The third-order valence-electron chi connectivity index (χ3n) is 4.11. The Morgan fingerprint density at radius 2 is 1.38 bits per heavy atom. The second-order valence-corrected chi connectivity index (χ2v) is 6.61. The van der Waals surface area contributed by atoms with E-state index < -0.39 is 47.7 Å². The minimum atomic E-state index is -7.10. The van der Waals surface area contributed by atoms with Gasteiger partial charge in [-0.3, -0.25) is 0 Å². The van der Waals surface area contributed by atoms with Crippen molar-refractivity contribution in [3.05, 3.63) is 46.9 Å². The summed E-state index contributed by atoms with van der Waals surface area (Å²) < 4.78 is 125. The van der Waals surface area contributed by atoms with Crippen molar-refractivity contribution in [2.24, 2.45) is 0 Å². The molecule has 0 radical (unpaired) electrons. The van der Waals surface area contributed by atoms with E-state index >= 15 is 0 Å². The number of halogens is 9. The first-order chi connectivity index (χ1) is 13.0. The Morgan fingerprint density at radius 1 is 0.862 bits per heavy atom. The minimum absolute atomic E-state index is 0.201. The van der Waals surface area contributed by atoms with Gasteiger partial charge in [-0.15, -0.1) is 0 Å². The molecule has 1 aromatic rings. The Labute approximate surface area is 159 Å². The molecule has 0 saturated carbocycles. The zero-order valence-corrected chi connectivity index (χ0v) is 14.7. The van der Waals surface area contributed by atoms with Gasteiger partial charge < -0.3 is 9.68 Å². The van der Waals surface area contributed by atoms with Gasteiger partial charge in [0.15, 0.2) is 0 Å². The molecule has 1 aliphatic rings. The van der Waals surface area contributed by atoms with Crippen molar-refractivity contribution in [1.82, 2.24) is 0 Å². The van der Waals surface area contributed by atoms with Gasteiger partial charge >= 0.3 is 31.1 Å². The van der Waals surface area contributed by atoms with E-state index in [4.69, 9.17) is 0 Å². The van der Waals surface area contributed by atoms with Gasteiger partial charge in [0.25, 0.3) is 0 Å². The molecule has 0 saturated heterocycles. The van der Waals surface area contributed by atoms with Crippen LogP contribution in [-0.2, 0) is 4.65 Å². The number of rotatable bonds is 3. The topological polar surface area (TPSA) is 29.5 Å². The van der Waals surface area contributed by atoms with Gasteiger partial charge in [0.05, 0.1) is 5.60 Å². The molecule has 29 heavy (non-hydrogen) atoms. The fourth-order valence-electron chi connectivity index (χ4n) is 2.58. The summed E-state index contributed by atoms with van der Waals surface area (Å²) in [5.74, 6) is -15.8. The second kappa shape index (κ2) is 6.99. The van der Waals surface area contributed by atoms with Crippen molar-refractivity contribution in [1.29, 1.82) is 0 Å². The predicted molar refractivity (Wildman–Crippen MR) is 84.4 cm³/mol. The van der Waals surface area contributed by atoms with Gasteiger partial charge in [-0.05, 0) is 26.0 Å². The summed E-state index contributed by atoms with van der Waals surface area (Å²) in [5.41, 5.74) is -4.95. The number of allylic oxidation sites excluding steroid dienone is 1. The Morgan fingerprint density at radius 3 is 1.86 bits per heavy atom. The van der Waals surface area contributed by atoms with Crippen LogP contribution in [-0.4, -0.2) is 41.7 Å². The first kappa shape index (κ1) is 23.2. The quantitative estimate of drug-likeness (QED) is 0.431. The number of hydrogen-bond acceptors (Lipinski definition) is 2. The molecule has 1 heterocycles. The maximum atomic E-state index is 14.4. The highest BCUT2D eigenvalue weighted by Crippen LogP contribution is 2.57. The molecule has 0 amide bonds. The predicted octanol–water partition coefficient (Wildman–Crippen LogP) is 4.63.